The van der Waals surface area contributed by atoms with E-state index in [4.69, 9.17) is 21.2 Å². The molecule has 0 atom stereocenters. The molecule has 0 fully saturated rings. The second kappa shape index (κ2) is 8.96. The standard InChI is InChI=1S/C33H30N4O/c1-33(2,3)22-16-17-36-31(19-22)37-29-13-5-4-10-26(29)27-15-14-24(20-30(27)37)38-23-9-6-8-21(18-23)25-11-7-12-28(34)32(25)35/h4-20H,34-35H2,1-3H3. The van der Waals surface area contributed by atoms with Gasteiger partial charge in [-0.15, -0.1) is 0 Å². The van der Waals surface area contributed by atoms with Gasteiger partial charge in [-0.05, 0) is 65.1 Å². The summed E-state index contributed by atoms with van der Waals surface area (Å²) >= 11 is 0. The van der Waals surface area contributed by atoms with Gasteiger partial charge in [0.2, 0.25) is 0 Å². The minimum absolute atomic E-state index is 0.0164. The Balaban J connectivity index is 1.46. The zero-order chi connectivity index (χ0) is 26.4. The van der Waals surface area contributed by atoms with E-state index in [-0.39, 0.29) is 5.41 Å². The lowest BCUT2D eigenvalue weighted by molar-refractivity contribution is 0.483. The van der Waals surface area contributed by atoms with Crippen molar-refractivity contribution in [1.82, 2.24) is 9.55 Å². The maximum Gasteiger partial charge on any atom is 0.137 e. The van der Waals surface area contributed by atoms with Crippen LogP contribution in [0.2, 0.25) is 0 Å². The van der Waals surface area contributed by atoms with Gasteiger partial charge in [0.1, 0.15) is 17.3 Å². The second-order valence-electron chi connectivity index (χ2n) is 10.6. The molecule has 2 aromatic heterocycles. The minimum atomic E-state index is 0.0164. The Morgan fingerprint density at radius 1 is 0.711 bits per heavy atom. The Kier molecular flexibility index (Phi) is 5.57. The van der Waals surface area contributed by atoms with Crippen LogP contribution in [-0.4, -0.2) is 9.55 Å². The molecule has 5 nitrogen and oxygen atoms in total. The van der Waals surface area contributed by atoms with Gasteiger partial charge in [0.25, 0.3) is 0 Å². The van der Waals surface area contributed by atoms with E-state index in [0.717, 1.165) is 44.9 Å². The largest absolute Gasteiger partial charge is 0.457 e. The number of benzene rings is 4. The molecule has 38 heavy (non-hydrogen) atoms. The molecule has 5 heteroatoms. The molecule has 6 aromatic rings. The van der Waals surface area contributed by atoms with Crippen LogP contribution in [0, 0.1) is 0 Å². The summed E-state index contributed by atoms with van der Waals surface area (Å²) in [6.07, 6.45) is 1.89. The van der Waals surface area contributed by atoms with E-state index in [2.05, 4.69) is 73.9 Å². The Bertz CT molecular complexity index is 1810. The van der Waals surface area contributed by atoms with Crippen LogP contribution in [0.15, 0.2) is 103 Å². The maximum atomic E-state index is 6.38. The van der Waals surface area contributed by atoms with Gasteiger partial charge in [-0.2, -0.15) is 0 Å². The molecule has 188 valence electrons. The van der Waals surface area contributed by atoms with Crippen LogP contribution in [-0.2, 0) is 5.41 Å². The van der Waals surface area contributed by atoms with Crippen molar-refractivity contribution in [1.29, 1.82) is 0 Å². The smallest absolute Gasteiger partial charge is 0.137 e. The number of aromatic nitrogens is 2. The molecule has 4 aromatic carbocycles. The lowest BCUT2D eigenvalue weighted by Crippen LogP contribution is -2.12. The third kappa shape index (κ3) is 4.12. The molecule has 0 amide bonds. The number of hydrogen-bond donors (Lipinski definition) is 2. The molecular formula is C33H30N4O. The Hall–Kier alpha value is -4.77. The van der Waals surface area contributed by atoms with Gasteiger partial charge in [0.05, 0.1) is 22.4 Å². The molecule has 2 heterocycles. The van der Waals surface area contributed by atoms with Crippen molar-refractivity contribution in [2.24, 2.45) is 0 Å². The van der Waals surface area contributed by atoms with Crippen LogP contribution in [0.3, 0.4) is 0 Å². The first-order valence-electron chi connectivity index (χ1n) is 12.7. The molecule has 0 spiro atoms. The topological polar surface area (TPSA) is 79.1 Å². The van der Waals surface area contributed by atoms with Crippen molar-refractivity contribution < 1.29 is 4.74 Å². The maximum absolute atomic E-state index is 6.38. The summed E-state index contributed by atoms with van der Waals surface area (Å²) in [5.41, 5.74) is 18.7. The summed E-state index contributed by atoms with van der Waals surface area (Å²) in [7, 11) is 0. The highest BCUT2D eigenvalue weighted by molar-refractivity contribution is 6.09. The predicted octanol–water partition coefficient (Wildman–Crippen LogP) is 8.10. The quantitative estimate of drug-likeness (QED) is 0.241. The van der Waals surface area contributed by atoms with E-state index in [9.17, 15) is 0 Å². The molecule has 0 aliphatic rings. The van der Waals surface area contributed by atoms with Gasteiger partial charge < -0.3 is 16.2 Å². The van der Waals surface area contributed by atoms with E-state index in [0.29, 0.717) is 11.4 Å². The number of ether oxygens (including phenoxy) is 1. The minimum Gasteiger partial charge on any atom is -0.457 e. The van der Waals surface area contributed by atoms with Crippen molar-refractivity contribution in [2.45, 2.75) is 26.2 Å². The van der Waals surface area contributed by atoms with E-state index >= 15 is 0 Å². The zero-order valence-corrected chi connectivity index (χ0v) is 21.8. The van der Waals surface area contributed by atoms with E-state index in [1.54, 1.807) is 6.07 Å². The van der Waals surface area contributed by atoms with Crippen molar-refractivity contribution in [3.8, 4) is 28.4 Å². The predicted molar refractivity (Wildman–Crippen MR) is 158 cm³/mol. The number of hydrogen-bond acceptors (Lipinski definition) is 4. The SMILES string of the molecule is CC(C)(C)c1ccnc(-n2c3ccccc3c3ccc(Oc4cccc(-c5cccc(N)c5N)c4)cc32)c1. The van der Waals surface area contributed by atoms with Gasteiger partial charge in [-0.1, -0.05) is 63.2 Å². The molecule has 4 N–H and O–H groups in total. The van der Waals surface area contributed by atoms with Crippen molar-refractivity contribution in [3.63, 3.8) is 0 Å². The fourth-order valence-corrected chi connectivity index (χ4v) is 4.97. The Morgan fingerprint density at radius 2 is 1.47 bits per heavy atom. The number of para-hydroxylation sites is 2. The van der Waals surface area contributed by atoms with Gasteiger partial charge in [-0.3, -0.25) is 4.57 Å². The van der Waals surface area contributed by atoms with Crippen LogP contribution in [0.4, 0.5) is 11.4 Å². The van der Waals surface area contributed by atoms with Crippen LogP contribution in [0.1, 0.15) is 26.3 Å². The summed E-state index contributed by atoms with van der Waals surface area (Å²) in [6.45, 7) is 6.65. The highest BCUT2D eigenvalue weighted by atomic mass is 16.5. The number of nitrogens with zero attached hydrogens (tertiary/aromatic N) is 2. The summed E-state index contributed by atoms with van der Waals surface area (Å²) < 4.78 is 8.60. The molecule has 0 aliphatic carbocycles. The number of nitrogen functional groups attached to an aromatic ring is 2. The number of anilines is 2. The van der Waals surface area contributed by atoms with Crippen LogP contribution >= 0.6 is 0 Å². The summed E-state index contributed by atoms with van der Waals surface area (Å²) in [4.78, 5) is 4.77. The van der Waals surface area contributed by atoms with E-state index in [1.807, 2.05) is 48.7 Å². The summed E-state index contributed by atoms with van der Waals surface area (Å²) in [5, 5.41) is 2.33. The Labute approximate surface area is 222 Å². The van der Waals surface area contributed by atoms with E-state index in [1.165, 1.54) is 10.9 Å². The average molecular weight is 499 g/mol. The molecule has 6 rings (SSSR count). The van der Waals surface area contributed by atoms with Crippen molar-refractivity contribution in [3.05, 3.63) is 109 Å². The van der Waals surface area contributed by atoms with Gasteiger partial charge in [0, 0.05) is 28.6 Å². The summed E-state index contributed by atoms with van der Waals surface area (Å²) in [5.74, 6) is 2.35. The molecule has 0 unspecified atom stereocenters. The lowest BCUT2D eigenvalue weighted by atomic mass is 9.88. The van der Waals surface area contributed by atoms with Crippen molar-refractivity contribution in [2.75, 3.05) is 11.5 Å². The molecular weight excluding hydrogens is 468 g/mol. The van der Waals surface area contributed by atoms with Crippen molar-refractivity contribution >= 4 is 33.2 Å². The summed E-state index contributed by atoms with van der Waals surface area (Å²) in [6, 6.07) is 32.5. The number of fused-ring (bicyclic) bond motifs is 3. The number of pyridine rings is 1. The second-order valence-corrected chi connectivity index (χ2v) is 10.6. The van der Waals surface area contributed by atoms with Gasteiger partial charge >= 0.3 is 0 Å². The molecule has 0 saturated heterocycles. The third-order valence-corrected chi connectivity index (χ3v) is 7.01. The monoisotopic (exact) mass is 498 g/mol. The van der Waals surface area contributed by atoms with E-state index < -0.39 is 0 Å². The molecule has 0 radical (unpaired) electrons. The zero-order valence-electron chi connectivity index (χ0n) is 21.8. The Morgan fingerprint density at radius 3 is 2.32 bits per heavy atom. The fraction of sp³-hybridized carbons (Fsp3) is 0.121. The third-order valence-electron chi connectivity index (χ3n) is 7.01. The molecule has 0 saturated carbocycles. The average Bonchev–Trinajstić information content (AvgIpc) is 3.23. The van der Waals surface area contributed by atoms with Crippen LogP contribution in [0.25, 0.3) is 38.8 Å². The fourth-order valence-electron chi connectivity index (χ4n) is 4.97. The highest BCUT2D eigenvalue weighted by Gasteiger charge is 2.18. The first-order valence-corrected chi connectivity index (χ1v) is 12.7. The van der Waals surface area contributed by atoms with Gasteiger partial charge in [0.15, 0.2) is 0 Å². The first-order chi connectivity index (χ1) is 18.3. The first kappa shape index (κ1) is 23.6. The van der Waals surface area contributed by atoms with Gasteiger partial charge in [-0.25, -0.2) is 4.98 Å². The normalized spacial score (nSPS) is 11.8. The van der Waals surface area contributed by atoms with Crippen LogP contribution in [0.5, 0.6) is 11.5 Å². The number of rotatable bonds is 4. The lowest BCUT2D eigenvalue weighted by Gasteiger charge is -2.20. The molecule has 0 aliphatic heterocycles. The van der Waals surface area contributed by atoms with Crippen LogP contribution < -0.4 is 16.2 Å². The highest BCUT2D eigenvalue weighted by Crippen LogP contribution is 2.37. The number of nitrogens with two attached hydrogens (primary N) is 2. The molecule has 0 bridgehead atoms.